The molecule has 0 unspecified atom stereocenters. The molecule has 0 aliphatic heterocycles. The van der Waals surface area contributed by atoms with Crippen molar-refractivity contribution in [1.29, 1.82) is 0 Å². The van der Waals surface area contributed by atoms with Gasteiger partial charge < -0.3 is 5.11 Å². The van der Waals surface area contributed by atoms with Gasteiger partial charge in [-0.05, 0) is 17.7 Å². The third kappa shape index (κ3) is 3.60. The number of hydrogen-bond acceptors (Lipinski definition) is 3. The fourth-order valence-electron chi connectivity index (χ4n) is 1.55. The number of aromatic nitrogens is 1. The number of carboxylic acids is 1. The first-order chi connectivity index (χ1) is 8.97. The van der Waals surface area contributed by atoms with Gasteiger partial charge in [-0.2, -0.15) is 0 Å². The van der Waals surface area contributed by atoms with E-state index in [1.54, 1.807) is 17.5 Å². The summed E-state index contributed by atoms with van der Waals surface area (Å²) in [4.78, 5) is 14.8. The molecule has 19 heavy (non-hydrogen) atoms. The Labute approximate surface area is 128 Å². The van der Waals surface area contributed by atoms with Crippen LogP contribution < -0.4 is 0 Å². The SMILES string of the molecule is O=C(O)Cc1csc(Cc2c(Cl)ccc(Cl)c2Cl)n1. The number of benzene rings is 1. The number of thiazole rings is 1. The Balaban J connectivity index is 2.24. The van der Waals surface area contributed by atoms with Gasteiger partial charge in [0.25, 0.3) is 0 Å². The van der Waals surface area contributed by atoms with Gasteiger partial charge in [0.1, 0.15) is 0 Å². The normalized spacial score (nSPS) is 10.7. The van der Waals surface area contributed by atoms with Gasteiger partial charge in [-0.3, -0.25) is 4.79 Å². The number of rotatable bonds is 4. The molecule has 0 saturated heterocycles. The molecule has 1 heterocycles. The van der Waals surface area contributed by atoms with Crippen LogP contribution in [-0.4, -0.2) is 16.1 Å². The van der Waals surface area contributed by atoms with Crippen LogP contribution in [0.4, 0.5) is 0 Å². The summed E-state index contributed by atoms with van der Waals surface area (Å²) in [5, 5.41) is 12.5. The Morgan fingerprint density at radius 1 is 1.26 bits per heavy atom. The van der Waals surface area contributed by atoms with Crippen molar-refractivity contribution in [2.45, 2.75) is 12.8 Å². The Hall–Kier alpha value is -0.810. The van der Waals surface area contributed by atoms with E-state index in [4.69, 9.17) is 39.9 Å². The maximum absolute atomic E-state index is 10.6. The smallest absolute Gasteiger partial charge is 0.309 e. The molecule has 1 aromatic carbocycles. The van der Waals surface area contributed by atoms with Crippen LogP contribution in [0.15, 0.2) is 17.5 Å². The number of hydrogen-bond donors (Lipinski definition) is 1. The van der Waals surface area contributed by atoms with Crippen LogP contribution in [0.2, 0.25) is 15.1 Å². The van der Waals surface area contributed by atoms with E-state index in [2.05, 4.69) is 4.98 Å². The van der Waals surface area contributed by atoms with Crippen molar-refractivity contribution in [2.75, 3.05) is 0 Å². The second-order valence-electron chi connectivity index (χ2n) is 3.80. The number of aliphatic carboxylic acids is 1. The average molecular weight is 337 g/mol. The van der Waals surface area contributed by atoms with Gasteiger partial charge in [-0.25, -0.2) is 4.98 Å². The van der Waals surface area contributed by atoms with Crippen LogP contribution in [0.25, 0.3) is 0 Å². The summed E-state index contributed by atoms with van der Waals surface area (Å²) in [6, 6.07) is 3.31. The zero-order valence-electron chi connectivity index (χ0n) is 9.49. The first kappa shape index (κ1) is 14.6. The molecule has 100 valence electrons. The molecular formula is C12H8Cl3NO2S. The summed E-state index contributed by atoms with van der Waals surface area (Å²) in [6.45, 7) is 0. The second-order valence-corrected chi connectivity index (χ2v) is 5.94. The lowest BCUT2D eigenvalue weighted by atomic mass is 10.1. The van der Waals surface area contributed by atoms with Gasteiger partial charge in [-0.1, -0.05) is 34.8 Å². The summed E-state index contributed by atoms with van der Waals surface area (Å²) in [5.74, 6) is -0.907. The van der Waals surface area contributed by atoms with Crippen LogP contribution in [-0.2, 0) is 17.6 Å². The van der Waals surface area contributed by atoms with Crippen molar-refractivity contribution in [1.82, 2.24) is 4.98 Å². The van der Waals surface area contributed by atoms with Crippen molar-refractivity contribution < 1.29 is 9.90 Å². The van der Waals surface area contributed by atoms with Gasteiger partial charge in [-0.15, -0.1) is 11.3 Å². The molecule has 1 N–H and O–H groups in total. The zero-order chi connectivity index (χ0) is 14.0. The first-order valence-corrected chi connectivity index (χ1v) is 7.26. The van der Waals surface area contributed by atoms with Crippen LogP contribution in [0, 0.1) is 0 Å². The Bertz CT molecular complexity index is 627. The van der Waals surface area contributed by atoms with Crippen molar-refractivity contribution in [3.05, 3.63) is 48.8 Å². The molecule has 3 nitrogen and oxygen atoms in total. The van der Waals surface area contributed by atoms with E-state index >= 15 is 0 Å². The van der Waals surface area contributed by atoms with E-state index in [9.17, 15) is 4.79 Å². The minimum Gasteiger partial charge on any atom is -0.481 e. The fourth-order valence-corrected chi connectivity index (χ4v) is 3.04. The van der Waals surface area contributed by atoms with Gasteiger partial charge in [0.05, 0.1) is 27.2 Å². The van der Waals surface area contributed by atoms with Crippen molar-refractivity contribution >= 4 is 52.1 Å². The summed E-state index contributed by atoms with van der Waals surface area (Å²) in [5.41, 5.74) is 1.23. The molecule has 0 saturated carbocycles. The molecule has 1 aromatic heterocycles. The maximum atomic E-state index is 10.6. The largest absolute Gasteiger partial charge is 0.481 e. The van der Waals surface area contributed by atoms with E-state index in [1.807, 2.05) is 0 Å². The van der Waals surface area contributed by atoms with E-state index in [0.29, 0.717) is 32.7 Å². The lowest BCUT2D eigenvalue weighted by Gasteiger charge is -2.06. The first-order valence-electron chi connectivity index (χ1n) is 5.25. The highest BCUT2D eigenvalue weighted by atomic mass is 35.5. The monoisotopic (exact) mass is 335 g/mol. The quantitative estimate of drug-likeness (QED) is 0.846. The van der Waals surface area contributed by atoms with Gasteiger partial charge in [0.2, 0.25) is 0 Å². The molecule has 0 fully saturated rings. The molecule has 0 radical (unpaired) electrons. The lowest BCUT2D eigenvalue weighted by molar-refractivity contribution is -0.136. The van der Waals surface area contributed by atoms with Crippen molar-refractivity contribution in [3.8, 4) is 0 Å². The Morgan fingerprint density at radius 2 is 1.95 bits per heavy atom. The minimum absolute atomic E-state index is 0.0898. The molecule has 2 rings (SSSR count). The molecule has 0 amide bonds. The standard InChI is InChI=1S/C12H8Cl3NO2S/c13-8-1-2-9(14)12(15)7(8)4-10-16-6(5-19-10)3-11(17)18/h1-2,5H,3-4H2,(H,17,18). The van der Waals surface area contributed by atoms with Crippen LogP contribution in [0.1, 0.15) is 16.3 Å². The third-order valence-electron chi connectivity index (χ3n) is 2.40. The third-order valence-corrected chi connectivity index (χ3v) is 4.49. The number of halogens is 3. The molecule has 2 aromatic rings. The zero-order valence-corrected chi connectivity index (χ0v) is 12.6. The molecule has 0 aliphatic rings. The summed E-state index contributed by atoms with van der Waals surface area (Å²) >= 11 is 19.5. The van der Waals surface area contributed by atoms with Crippen LogP contribution in [0.3, 0.4) is 0 Å². The number of carbonyl (C=O) groups is 1. The molecular weight excluding hydrogens is 329 g/mol. The van der Waals surface area contributed by atoms with E-state index in [-0.39, 0.29) is 6.42 Å². The summed E-state index contributed by atoms with van der Waals surface area (Å²) in [6.07, 6.45) is 0.343. The molecule has 0 spiro atoms. The molecule has 0 atom stereocenters. The highest BCUT2D eigenvalue weighted by Crippen LogP contribution is 2.33. The number of nitrogens with zero attached hydrogens (tertiary/aromatic N) is 1. The van der Waals surface area contributed by atoms with Gasteiger partial charge in [0.15, 0.2) is 0 Å². The van der Waals surface area contributed by atoms with Crippen molar-refractivity contribution in [3.63, 3.8) is 0 Å². The predicted octanol–water partition coefficient (Wildman–Crippen LogP) is 4.32. The van der Waals surface area contributed by atoms with E-state index < -0.39 is 5.97 Å². The topological polar surface area (TPSA) is 50.2 Å². The van der Waals surface area contributed by atoms with Gasteiger partial charge >= 0.3 is 5.97 Å². The Morgan fingerprint density at radius 3 is 2.63 bits per heavy atom. The van der Waals surface area contributed by atoms with E-state index in [1.165, 1.54) is 11.3 Å². The van der Waals surface area contributed by atoms with E-state index in [0.717, 1.165) is 5.01 Å². The van der Waals surface area contributed by atoms with Gasteiger partial charge in [0, 0.05) is 16.8 Å². The molecule has 0 aliphatic carbocycles. The molecule has 0 bridgehead atoms. The minimum atomic E-state index is -0.907. The van der Waals surface area contributed by atoms with Crippen LogP contribution >= 0.6 is 46.1 Å². The van der Waals surface area contributed by atoms with Crippen molar-refractivity contribution in [2.24, 2.45) is 0 Å². The Kier molecular flexibility index (Phi) is 4.68. The summed E-state index contributed by atoms with van der Waals surface area (Å²) in [7, 11) is 0. The fraction of sp³-hybridized carbons (Fsp3) is 0.167. The highest BCUT2D eigenvalue weighted by Gasteiger charge is 2.13. The highest BCUT2D eigenvalue weighted by molar-refractivity contribution is 7.09. The maximum Gasteiger partial charge on any atom is 0.309 e. The second kappa shape index (κ2) is 6.09. The molecule has 7 heteroatoms. The summed E-state index contributed by atoms with van der Waals surface area (Å²) < 4.78 is 0. The number of carboxylic acid groups (broad SMARTS) is 1. The predicted molar refractivity (Wildman–Crippen MR) is 77.7 cm³/mol. The van der Waals surface area contributed by atoms with Crippen LogP contribution in [0.5, 0.6) is 0 Å². The average Bonchev–Trinajstić information content (AvgIpc) is 2.76. The lowest BCUT2D eigenvalue weighted by Crippen LogP contribution is -2.00.